The highest BCUT2D eigenvalue weighted by Gasteiger charge is 2.13. The second-order valence-electron chi connectivity index (χ2n) is 5.04. The SMILES string of the molecule is CCN(CCC(=O)O)C(=O)CCOc1cc(C)cc(C)c1. The predicted molar refractivity (Wildman–Crippen MR) is 80.5 cm³/mol. The molecule has 0 spiro atoms. The number of carbonyl (C=O) groups excluding carboxylic acids is 1. The summed E-state index contributed by atoms with van der Waals surface area (Å²) in [6.45, 7) is 6.88. The van der Waals surface area contributed by atoms with E-state index in [0.29, 0.717) is 13.2 Å². The van der Waals surface area contributed by atoms with Gasteiger partial charge in [-0.3, -0.25) is 9.59 Å². The zero-order valence-electron chi connectivity index (χ0n) is 12.9. The first kappa shape index (κ1) is 17.0. The molecule has 0 unspecified atom stereocenters. The number of carboxylic acid groups (broad SMARTS) is 1. The van der Waals surface area contributed by atoms with Crippen LogP contribution in [0.3, 0.4) is 0 Å². The molecule has 5 heteroatoms. The Morgan fingerprint density at radius 2 is 1.76 bits per heavy atom. The summed E-state index contributed by atoms with van der Waals surface area (Å²) >= 11 is 0. The fourth-order valence-electron chi connectivity index (χ4n) is 2.12. The first-order valence-electron chi connectivity index (χ1n) is 7.13. The lowest BCUT2D eigenvalue weighted by Crippen LogP contribution is -2.33. The van der Waals surface area contributed by atoms with Crippen molar-refractivity contribution in [2.75, 3.05) is 19.7 Å². The Morgan fingerprint density at radius 3 is 2.29 bits per heavy atom. The maximum Gasteiger partial charge on any atom is 0.305 e. The van der Waals surface area contributed by atoms with E-state index < -0.39 is 5.97 Å². The first-order valence-corrected chi connectivity index (χ1v) is 7.13. The Kier molecular flexibility index (Phi) is 6.72. The fraction of sp³-hybridized carbons (Fsp3) is 0.500. The van der Waals surface area contributed by atoms with Crippen molar-refractivity contribution in [3.05, 3.63) is 29.3 Å². The summed E-state index contributed by atoms with van der Waals surface area (Å²) in [4.78, 5) is 24.0. The molecule has 0 aromatic heterocycles. The predicted octanol–water partition coefficient (Wildman–Crippen LogP) is 2.40. The van der Waals surface area contributed by atoms with Gasteiger partial charge in [0, 0.05) is 13.1 Å². The van der Waals surface area contributed by atoms with Crippen LogP contribution in [0.4, 0.5) is 0 Å². The van der Waals surface area contributed by atoms with Gasteiger partial charge in [0.1, 0.15) is 5.75 Å². The Labute approximate surface area is 125 Å². The minimum absolute atomic E-state index is 0.0302. The van der Waals surface area contributed by atoms with Crippen LogP contribution < -0.4 is 4.74 Å². The van der Waals surface area contributed by atoms with E-state index in [2.05, 4.69) is 6.07 Å². The van der Waals surface area contributed by atoms with E-state index in [1.165, 1.54) is 0 Å². The van der Waals surface area contributed by atoms with Crippen molar-refractivity contribution >= 4 is 11.9 Å². The lowest BCUT2D eigenvalue weighted by Gasteiger charge is -2.20. The maximum atomic E-state index is 12.0. The second-order valence-corrected chi connectivity index (χ2v) is 5.04. The van der Waals surface area contributed by atoms with E-state index in [4.69, 9.17) is 9.84 Å². The van der Waals surface area contributed by atoms with Gasteiger partial charge in [0.2, 0.25) is 5.91 Å². The van der Waals surface area contributed by atoms with Crippen molar-refractivity contribution in [1.29, 1.82) is 0 Å². The highest BCUT2D eigenvalue weighted by Crippen LogP contribution is 2.16. The summed E-state index contributed by atoms with van der Waals surface area (Å²) in [5.74, 6) is -0.218. The van der Waals surface area contributed by atoms with E-state index >= 15 is 0 Å². The molecule has 5 nitrogen and oxygen atoms in total. The van der Waals surface area contributed by atoms with Gasteiger partial charge in [0.15, 0.2) is 0 Å². The Hall–Kier alpha value is -2.04. The molecule has 1 rings (SSSR count). The number of ether oxygens (including phenoxy) is 1. The Balaban J connectivity index is 2.42. The number of hydrogen-bond acceptors (Lipinski definition) is 3. The molecule has 1 amide bonds. The minimum Gasteiger partial charge on any atom is -0.493 e. The molecule has 116 valence electrons. The van der Waals surface area contributed by atoms with E-state index in [1.807, 2.05) is 32.9 Å². The molecule has 1 N–H and O–H groups in total. The zero-order valence-corrected chi connectivity index (χ0v) is 12.9. The van der Waals surface area contributed by atoms with E-state index in [1.54, 1.807) is 4.90 Å². The number of carboxylic acids is 1. The molecule has 1 aromatic carbocycles. The number of aryl methyl sites for hydroxylation is 2. The van der Waals surface area contributed by atoms with E-state index in [0.717, 1.165) is 16.9 Å². The smallest absolute Gasteiger partial charge is 0.305 e. The molecule has 1 aromatic rings. The third-order valence-electron chi connectivity index (χ3n) is 3.11. The molecule has 0 aliphatic rings. The molecule has 0 radical (unpaired) electrons. The molecule has 0 fully saturated rings. The molecular weight excluding hydrogens is 270 g/mol. The van der Waals surface area contributed by atoms with Crippen molar-refractivity contribution in [2.24, 2.45) is 0 Å². The monoisotopic (exact) mass is 293 g/mol. The van der Waals surface area contributed by atoms with E-state index in [-0.39, 0.29) is 25.3 Å². The van der Waals surface area contributed by atoms with Gasteiger partial charge in [-0.25, -0.2) is 0 Å². The number of rotatable bonds is 8. The summed E-state index contributed by atoms with van der Waals surface area (Å²) in [6, 6.07) is 5.92. The lowest BCUT2D eigenvalue weighted by molar-refractivity contribution is -0.138. The van der Waals surface area contributed by atoms with Gasteiger partial charge in [-0.2, -0.15) is 0 Å². The number of aliphatic carboxylic acids is 1. The van der Waals surface area contributed by atoms with Crippen LogP contribution in [0, 0.1) is 13.8 Å². The largest absolute Gasteiger partial charge is 0.493 e. The number of nitrogens with zero attached hydrogens (tertiary/aromatic N) is 1. The summed E-state index contributed by atoms with van der Waals surface area (Å²) in [5, 5.41) is 8.65. The number of hydrogen-bond donors (Lipinski definition) is 1. The van der Waals surface area contributed by atoms with E-state index in [9.17, 15) is 9.59 Å². The van der Waals surface area contributed by atoms with Crippen LogP contribution in [0.25, 0.3) is 0 Å². The van der Waals surface area contributed by atoms with Crippen LogP contribution >= 0.6 is 0 Å². The molecular formula is C16H23NO4. The van der Waals surface area contributed by atoms with Gasteiger partial charge >= 0.3 is 5.97 Å². The van der Waals surface area contributed by atoms with Crippen LogP contribution in [0.15, 0.2) is 18.2 Å². The average molecular weight is 293 g/mol. The van der Waals surface area contributed by atoms with Crippen LogP contribution in [-0.4, -0.2) is 41.6 Å². The van der Waals surface area contributed by atoms with Gasteiger partial charge in [-0.15, -0.1) is 0 Å². The summed E-state index contributed by atoms with van der Waals surface area (Å²) in [6.07, 6.45) is 0.220. The van der Waals surface area contributed by atoms with Gasteiger partial charge in [-0.1, -0.05) is 6.07 Å². The van der Waals surface area contributed by atoms with Gasteiger partial charge in [0.25, 0.3) is 0 Å². The topological polar surface area (TPSA) is 66.8 Å². The molecule has 0 bridgehead atoms. The maximum absolute atomic E-state index is 12.0. The molecule has 0 saturated carbocycles. The highest BCUT2D eigenvalue weighted by molar-refractivity contribution is 5.77. The van der Waals surface area contributed by atoms with Crippen LogP contribution in [-0.2, 0) is 9.59 Å². The Morgan fingerprint density at radius 1 is 1.14 bits per heavy atom. The average Bonchev–Trinajstić information content (AvgIpc) is 2.37. The van der Waals surface area contributed by atoms with Crippen LogP contribution in [0.2, 0.25) is 0 Å². The van der Waals surface area contributed by atoms with Crippen molar-refractivity contribution < 1.29 is 19.4 Å². The van der Waals surface area contributed by atoms with Crippen LogP contribution in [0.5, 0.6) is 5.75 Å². The molecule has 0 heterocycles. The number of carbonyl (C=O) groups is 2. The number of benzene rings is 1. The third kappa shape index (κ3) is 6.29. The zero-order chi connectivity index (χ0) is 15.8. The van der Waals surface area contributed by atoms with Gasteiger partial charge in [0.05, 0.1) is 19.4 Å². The first-order chi connectivity index (χ1) is 9.92. The Bertz CT molecular complexity index is 479. The minimum atomic E-state index is -0.896. The van der Waals surface area contributed by atoms with Crippen LogP contribution in [0.1, 0.15) is 30.9 Å². The summed E-state index contributed by atoms with van der Waals surface area (Å²) < 4.78 is 5.59. The lowest BCUT2D eigenvalue weighted by atomic mass is 10.1. The normalized spacial score (nSPS) is 10.2. The molecule has 21 heavy (non-hydrogen) atoms. The molecule has 0 aliphatic carbocycles. The second kappa shape index (κ2) is 8.29. The van der Waals surface area contributed by atoms with Crippen molar-refractivity contribution in [2.45, 2.75) is 33.6 Å². The third-order valence-corrected chi connectivity index (χ3v) is 3.11. The van der Waals surface area contributed by atoms with Crippen molar-refractivity contribution in [3.8, 4) is 5.75 Å². The van der Waals surface area contributed by atoms with Crippen molar-refractivity contribution in [3.63, 3.8) is 0 Å². The van der Waals surface area contributed by atoms with Gasteiger partial charge < -0.3 is 14.7 Å². The van der Waals surface area contributed by atoms with Gasteiger partial charge in [-0.05, 0) is 44.0 Å². The number of amides is 1. The highest BCUT2D eigenvalue weighted by atomic mass is 16.5. The summed E-state index contributed by atoms with van der Waals surface area (Å²) in [7, 11) is 0. The summed E-state index contributed by atoms with van der Waals surface area (Å²) in [5.41, 5.74) is 2.24. The quantitative estimate of drug-likeness (QED) is 0.799. The van der Waals surface area contributed by atoms with Crippen molar-refractivity contribution in [1.82, 2.24) is 4.90 Å². The molecule has 0 atom stereocenters. The molecule has 0 aliphatic heterocycles. The molecule has 0 saturated heterocycles. The standard InChI is InChI=1S/C16H23NO4/c1-4-17(7-5-16(19)20)15(18)6-8-21-14-10-12(2)9-13(3)11-14/h9-11H,4-8H2,1-3H3,(H,19,20). The fourth-order valence-corrected chi connectivity index (χ4v) is 2.12.